The van der Waals surface area contributed by atoms with E-state index in [4.69, 9.17) is 23.1 Å². The van der Waals surface area contributed by atoms with Crippen molar-refractivity contribution in [1.29, 1.82) is 0 Å². The van der Waals surface area contributed by atoms with E-state index in [1.807, 2.05) is 0 Å². The number of amides is 10. The van der Waals surface area contributed by atoms with E-state index in [1.165, 1.54) is 67.6 Å². The van der Waals surface area contributed by atoms with Crippen molar-refractivity contribution >= 4 is 98.2 Å². The molecule has 9 atom stereocenters. The predicted molar refractivity (Wildman–Crippen MR) is 332 cm³/mol. The molecule has 1 aliphatic rings. The average Bonchev–Trinajstić information content (AvgIpc) is 3.70. The number of aliphatic hydroxyl groups excluding tert-OH is 1. The summed E-state index contributed by atoms with van der Waals surface area (Å²) in [6.45, 7) is 1.71. The lowest BCUT2D eigenvalue weighted by atomic mass is 10.00. The van der Waals surface area contributed by atoms with Crippen LogP contribution in [0.15, 0.2) is 97.1 Å². The number of unbranched alkanes of at least 4 members (excludes halogenated alkanes) is 1. The highest BCUT2D eigenvalue weighted by Crippen LogP contribution is 2.25. The lowest BCUT2D eigenvalue weighted by molar-refractivity contribution is -0.142. The van der Waals surface area contributed by atoms with Crippen LogP contribution in [0.2, 0.25) is 5.02 Å². The zero-order chi connectivity index (χ0) is 65.2. The zero-order valence-electron chi connectivity index (χ0n) is 49.2. The molecule has 0 spiro atoms. The Morgan fingerprint density at radius 2 is 1.19 bits per heavy atom. The SMILES string of the molecule is CNCCCC[C@@H]1NC(=O)[C@@H](Cc2ccc(C(N)=O)cc2)NC(=O)[C@H](Cc2ccc(O)cc2)NC(=O)[C@H](NC(=O)[C@H](Cc2ccc(Cl)cc2)NC(=O)CCC(=O)OC)CSSC[C@@H](C(=O)N[C@H](CCc2ccc(O)cc2)C(N)=O)NC(=O)[C@H]([C@@H](C)O)NC1=O. The van der Waals surface area contributed by atoms with Crippen molar-refractivity contribution in [2.24, 2.45) is 11.5 Å². The Balaban J connectivity index is 1.62. The van der Waals surface area contributed by atoms with Crippen LogP contribution in [0.1, 0.15) is 78.1 Å². The van der Waals surface area contributed by atoms with Crippen LogP contribution >= 0.6 is 33.2 Å². The van der Waals surface area contributed by atoms with Gasteiger partial charge in [0.05, 0.1) is 19.6 Å². The summed E-state index contributed by atoms with van der Waals surface area (Å²) >= 11 is 6.16. The van der Waals surface area contributed by atoms with E-state index in [1.54, 1.807) is 43.4 Å². The molecule has 1 fully saturated rings. The van der Waals surface area contributed by atoms with Crippen LogP contribution in [-0.4, -0.2) is 167 Å². The summed E-state index contributed by atoms with van der Waals surface area (Å²) in [6.07, 6.45) is -2.13. The number of primary amides is 2. The molecule has 0 aliphatic carbocycles. The van der Waals surface area contributed by atoms with Crippen LogP contribution in [0, 0.1) is 0 Å². The van der Waals surface area contributed by atoms with E-state index in [0.717, 1.165) is 28.7 Å². The molecule has 0 unspecified atom stereocenters. The number of ether oxygens (including phenoxy) is 1. The van der Waals surface area contributed by atoms with E-state index in [0.29, 0.717) is 46.7 Å². The van der Waals surface area contributed by atoms with Gasteiger partial charge in [-0.15, -0.1) is 0 Å². The summed E-state index contributed by atoms with van der Waals surface area (Å²) in [7, 11) is 4.66. The maximum atomic E-state index is 15.0. The molecule has 480 valence electrons. The minimum Gasteiger partial charge on any atom is -0.508 e. The Kier molecular flexibility index (Phi) is 29.0. The highest BCUT2D eigenvalue weighted by molar-refractivity contribution is 8.76. The number of nitrogens with one attached hydrogen (secondary N) is 9. The minimum atomic E-state index is -1.79. The molecule has 4 aromatic rings. The van der Waals surface area contributed by atoms with Crippen molar-refractivity contribution in [3.05, 3.63) is 130 Å². The fraction of sp³-hybridized carbons (Fsp3) is 0.417. The molecule has 1 aliphatic heterocycles. The first-order chi connectivity index (χ1) is 42.4. The van der Waals surface area contributed by atoms with Gasteiger partial charge in [-0.2, -0.15) is 0 Å². The number of aliphatic hydroxyl groups is 1. The normalized spacial score (nSPS) is 19.9. The van der Waals surface area contributed by atoms with Crippen molar-refractivity contribution in [3.8, 4) is 11.5 Å². The van der Waals surface area contributed by atoms with Crippen LogP contribution < -0.4 is 59.3 Å². The van der Waals surface area contributed by atoms with E-state index in [-0.39, 0.29) is 79.9 Å². The first-order valence-electron chi connectivity index (χ1n) is 28.5. The third-order valence-electron chi connectivity index (χ3n) is 14.1. The van der Waals surface area contributed by atoms with E-state index < -0.39 is 119 Å². The number of carbonyl (C=O) groups excluding carboxylic acids is 11. The number of carbonyl (C=O) groups is 11. The Morgan fingerprint density at radius 1 is 0.652 bits per heavy atom. The summed E-state index contributed by atoms with van der Waals surface area (Å²) in [5, 5.41) is 55.6. The molecule has 10 amide bonds. The lowest BCUT2D eigenvalue weighted by Gasteiger charge is -2.29. The topological polar surface area (TPSA) is 418 Å². The molecule has 29 heteroatoms. The van der Waals surface area contributed by atoms with Gasteiger partial charge in [0.2, 0.25) is 59.1 Å². The molecule has 1 heterocycles. The van der Waals surface area contributed by atoms with Gasteiger partial charge in [-0.05, 0) is 123 Å². The zero-order valence-corrected chi connectivity index (χ0v) is 51.6. The van der Waals surface area contributed by atoms with Gasteiger partial charge >= 0.3 is 5.97 Å². The summed E-state index contributed by atoms with van der Waals surface area (Å²) in [6, 6.07) is 11.6. The lowest BCUT2D eigenvalue weighted by Crippen LogP contribution is -2.62. The smallest absolute Gasteiger partial charge is 0.306 e. The molecule has 26 nitrogen and oxygen atoms in total. The first-order valence-corrected chi connectivity index (χ1v) is 31.3. The number of aryl methyl sites for hydroxylation is 1. The number of hydrogen-bond acceptors (Lipinski definition) is 18. The first kappa shape index (κ1) is 71.3. The number of esters is 1. The van der Waals surface area contributed by atoms with Gasteiger partial charge in [0.15, 0.2) is 0 Å². The second kappa shape index (κ2) is 36.1. The van der Waals surface area contributed by atoms with Crippen molar-refractivity contribution in [3.63, 3.8) is 0 Å². The number of methoxy groups -OCH3 is 1. The van der Waals surface area contributed by atoms with Crippen LogP contribution in [0.25, 0.3) is 0 Å². The van der Waals surface area contributed by atoms with Crippen LogP contribution in [0.5, 0.6) is 11.5 Å². The Bertz CT molecular complexity index is 3090. The monoisotopic (exact) mass is 1290 g/mol. The van der Waals surface area contributed by atoms with Crippen molar-refractivity contribution in [1.82, 2.24) is 47.9 Å². The largest absolute Gasteiger partial charge is 0.508 e. The van der Waals surface area contributed by atoms with Crippen molar-refractivity contribution in [2.75, 3.05) is 32.2 Å². The number of halogens is 1. The Morgan fingerprint density at radius 3 is 1.75 bits per heavy atom. The Labute approximate surface area is 527 Å². The molecule has 0 radical (unpaired) electrons. The van der Waals surface area contributed by atoms with Gasteiger partial charge in [0, 0.05) is 47.8 Å². The number of rotatable bonds is 25. The van der Waals surface area contributed by atoms with Gasteiger partial charge in [-0.25, -0.2) is 0 Å². The number of benzene rings is 4. The molecule has 89 heavy (non-hydrogen) atoms. The highest BCUT2D eigenvalue weighted by atomic mass is 35.5. The fourth-order valence-corrected chi connectivity index (χ4v) is 11.5. The third-order valence-corrected chi connectivity index (χ3v) is 16.8. The molecule has 5 rings (SSSR count). The van der Waals surface area contributed by atoms with Gasteiger partial charge in [0.1, 0.15) is 59.8 Å². The second-order valence-corrected chi connectivity index (χ2v) is 24.0. The molecule has 0 aromatic heterocycles. The molecule has 16 N–H and O–H groups in total. The van der Waals surface area contributed by atoms with Crippen molar-refractivity contribution in [2.45, 2.75) is 126 Å². The van der Waals surface area contributed by atoms with Crippen LogP contribution in [0.4, 0.5) is 0 Å². The molecule has 0 bridgehead atoms. The number of phenols is 2. The molecule has 4 aromatic carbocycles. The molecular formula is C60H76ClN11O15S2. The number of phenolic OH excluding ortho intramolecular Hbond substituents is 2. The summed E-state index contributed by atoms with van der Waals surface area (Å²) in [5.74, 6) is -10.7. The maximum Gasteiger partial charge on any atom is 0.306 e. The van der Waals surface area contributed by atoms with Gasteiger partial charge in [-0.3, -0.25) is 52.7 Å². The predicted octanol–water partition coefficient (Wildman–Crippen LogP) is -0.00680. The third kappa shape index (κ3) is 24.2. The maximum absolute atomic E-state index is 15.0. The van der Waals surface area contributed by atoms with Gasteiger partial charge in [-0.1, -0.05) is 81.7 Å². The highest BCUT2D eigenvalue weighted by Gasteiger charge is 2.37. The minimum absolute atomic E-state index is 0.00330. The van der Waals surface area contributed by atoms with Crippen LogP contribution in [-0.2, 0) is 78.4 Å². The number of hydrogen-bond donors (Lipinski definition) is 14. The number of aromatic hydroxyl groups is 2. The van der Waals surface area contributed by atoms with E-state index in [9.17, 15) is 63.3 Å². The number of nitrogens with two attached hydrogens (primary N) is 2. The second-order valence-electron chi connectivity index (χ2n) is 21.0. The standard InChI is InChI=1S/C60H76ClN11O15S2/c1-33(73)51-60(86)71-48(58(84)66-42(53(63)79)24-15-34-11-20-40(74)21-12-34)32-89-88-31-47(70-55(81)44(28-36-9-18-39(61)19-10-36)65-49(76)25-26-50(77)87-3)59(85)69-46(30-37-13-22-41(75)23-14-37)57(83)68-45(29-35-7-16-38(17-8-35)52(62)78)56(82)67-43(54(80)72-51)6-4-5-27-64-2/h7-14,16-23,33,42-48,51,64,73-75H,4-6,15,24-32H2,1-3H3,(H2,62,78)(H2,63,79)(H,65,76)(H,66,84)(H,67,82)(H,68,83)(H,69,85)(H,70,81)(H,71,86)(H,72,80)/t33-,42-,43+,44+,45-,46+,47-,48+,51+/m1/s1. The van der Waals surface area contributed by atoms with Crippen molar-refractivity contribution < 1.29 is 72.8 Å². The Hall–Kier alpha value is -8.44. The summed E-state index contributed by atoms with van der Waals surface area (Å²) in [4.78, 5) is 153. The summed E-state index contributed by atoms with van der Waals surface area (Å²) < 4.78 is 4.68. The van der Waals surface area contributed by atoms with E-state index in [2.05, 4.69) is 52.6 Å². The molecule has 0 saturated carbocycles. The quantitative estimate of drug-likeness (QED) is 0.0236. The molecule has 1 saturated heterocycles. The molecular weight excluding hydrogens is 1210 g/mol. The van der Waals surface area contributed by atoms with Gasteiger partial charge < -0.3 is 79.4 Å². The van der Waals surface area contributed by atoms with Gasteiger partial charge in [0.25, 0.3) is 0 Å². The fourth-order valence-electron chi connectivity index (χ4n) is 9.04. The summed E-state index contributed by atoms with van der Waals surface area (Å²) in [5.41, 5.74) is 13.4. The average molecular weight is 1290 g/mol. The van der Waals surface area contributed by atoms with E-state index >= 15 is 4.79 Å². The van der Waals surface area contributed by atoms with Crippen LogP contribution in [0.3, 0.4) is 0 Å².